The van der Waals surface area contributed by atoms with Crippen LogP contribution in [0.25, 0.3) is 0 Å². The Hall–Kier alpha value is -2.77. The minimum Gasteiger partial charge on any atom is -0.372 e. The van der Waals surface area contributed by atoms with Gasteiger partial charge in [-0.15, -0.1) is 0 Å². The van der Waals surface area contributed by atoms with Crippen LogP contribution in [0.3, 0.4) is 0 Å². The van der Waals surface area contributed by atoms with Crippen LogP contribution >= 0.6 is 23.8 Å². The van der Waals surface area contributed by atoms with E-state index in [-0.39, 0.29) is 21.4 Å². The number of benzene rings is 2. The van der Waals surface area contributed by atoms with Gasteiger partial charge in [0.15, 0.2) is 5.11 Å². The van der Waals surface area contributed by atoms with Crippen LogP contribution in [0.5, 0.6) is 0 Å². The monoisotopic (exact) mass is 415 g/mol. The Kier molecular flexibility index (Phi) is 4.87. The van der Waals surface area contributed by atoms with Crippen molar-refractivity contribution in [3.05, 3.63) is 76.2 Å². The number of thiocarbonyl (C=S) groups is 1. The first kappa shape index (κ1) is 18.6. The molecule has 142 valence electrons. The molecule has 2 aromatic carbocycles. The van der Waals surface area contributed by atoms with Crippen LogP contribution in [-0.2, 0) is 22.6 Å². The quantitative estimate of drug-likeness (QED) is 0.465. The molecule has 5 nitrogen and oxygen atoms in total. The molecule has 0 aromatic heterocycles. The molecule has 8 heteroatoms. The van der Waals surface area contributed by atoms with Crippen molar-refractivity contribution in [1.82, 2.24) is 10.2 Å². The van der Waals surface area contributed by atoms with Gasteiger partial charge in [0.2, 0.25) is 0 Å². The number of fused-ring (bicyclic) bond motifs is 1. The average Bonchev–Trinajstić information content (AvgIpc) is 2.67. The van der Waals surface area contributed by atoms with Gasteiger partial charge < -0.3 is 4.90 Å². The Morgan fingerprint density at radius 1 is 1.14 bits per heavy atom. The number of anilines is 1. The molecule has 0 radical (unpaired) electrons. The number of hydrogen-bond donors (Lipinski definition) is 1. The van der Waals surface area contributed by atoms with E-state index in [1.165, 1.54) is 17.7 Å². The van der Waals surface area contributed by atoms with E-state index in [0.717, 1.165) is 23.0 Å². The van der Waals surface area contributed by atoms with Crippen LogP contribution in [-0.4, -0.2) is 28.4 Å². The maximum atomic E-state index is 13.5. The zero-order valence-corrected chi connectivity index (χ0v) is 16.2. The minimum atomic E-state index is -0.604. The summed E-state index contributed by atoms with van der Waals surface area (Å²) in [6, 6.07) is 11.9. The summed E-state index contributed by atoms with van der Waals surface area (Å²) in [7, 11) is 0. The molecular weight excluding hydrogens is 401 g/mol. The predicted molar refractivity (Wildman–Crippen MR) is 108 cm³/mol. The normalized spacial score (nSPS) is 18.4. The molecule has 0 unspecified atom stereocenters. The third kappa shape index (κ3) is 3.39. The van der Waals surface area contributed by atoms with Crippen molar-refractivity contribution < 1.29 is 14.0 Å². The number of hydrogen-bond acceptors (Lipinski definition) is 4. The van der Waals surface area contributed by atoms with Crippen LogP contribution < -0.4 is 10.2 Å². The molecule has 1 N–H and O–H groups in total. The van der Waals surface area contributed by atoms with Gasteiger partial charge in [0, 0.05) is 19.3 Å². The lowest BCUT2D eigenvalue weighted by Gasteiger charge is -2.32. The van der Waals surface area contributed by atoms with E-state index in [9.17, 15) is 14.0 Å². The minimum absolute atomic E-state index is 0.0339. The summed E-state index contributed by atoms with van der Waals surface area (Å²) in [5.74, 6) is -1.74. The predicted octanol–water partition coefficient (Wildman–Crippen LogP) is 3.17. The second-order valence-electron chi connectivity index (χ2n) is 6.53. The van der Waals surface area contributed by atoms with Crippen LogP contribution in [0.2, 0.25) is 5.02 Å². The number of carbonyl (C=O) groups is 2. The van der Waals surface area contributed by atoms with E-state index in [2.05, 4.69) is 11.4 Å². The van der Waals surface area contributed by atoms with Crippen LogP contribution in [0.1, 0.15) is 11.1 Å². The average molecular weight is 416 g/mol. The molecule has 0 saturated carbocycles. The van der Waals surface area contributed by atoms with E-state index >= 15 is 0 Å². The molecule has 1 saturated heterocycles. The molecule has 0 spiro atoms. The van der Waals surface area contributed by atoms with Crippen LogP contribution in [0.15, 0.2) is 54.2 Å². The number of nitrogens with one attached hydrogen (secondary N) is 1. The topological polar surface area (TPSA) is 52.7 Å². The molecule has 0 aliphatic carbocycles. The SMILES string of the molecule is O=C1NC(=S)N(c2ccc(F)c(Cl)c2)C(=O)C1=CN1CCc2ccccc2C1. The molecule has 2 aliphatic heterocycles. The first-order valence-corrected chi connectivity index (χ1v) is 9.40. The summed E-state index contributed by atoms with van der Waals surface area (Å²) >= 11 is 11.0. The molecular formula is C20H15ClFN3O2S. The summed E-state index contributed by atoms with van der Waals surface area (Å²) in [6.07, 6.45) is 2.39. The summed E-state index contributed by atoms with van der Waals surface area (Å²) in [5, 5.41) is 2.31. The second kappa shape index (κ2) is 7.33. The van der Waals surface area contributed by atoms with E-state index in [1.54, 1.807) is 6.20 Å². The Bertz CT molecular complexity index is 1040. The van der Waals surface area contributed by atoms with Gasteiger partial charge >= 0.3 is 0 Å². The molecule has 4 rings (SSSR count). The van der Waals surface area contributed by atoms with Gasteiger partial charge in [0.25, 0.3) is 11.8 Å². The molecule has 28 heavy (non-hydrogen) atoms. The standard InChI is InChI=1S/C20H15ClFN3O2S/c21-16-9-14(5-6-17(16)22)25-19(27)15(18(26)23-20(25)28)11-24-8-7-12-3-1-2-4-13(12)10-24/h1-6,9,11H,7-8,10H2,(H,23,26,28). The number of carbonyl (C=O) groups excluding carboxylic acids is 2. The van der Waals surface area contributed by atoms with E-state index in [4.69, 9.17) is 23.8 Å². The van der Waals surface area contributed by atoms with Crippen molar-refractivity contribution in [2.75, 3.05) is 11.4 Å². The Labute approximate surface area is 171 Å². The summed E-state index contributed by atoms with van der Waals surface area (Å²) < 4.78 is 13.5. The number of rotatable bonds is 2. The summed E-state index contributed by atoms with van der Waals surface area (Å²) in [6.45, 7) is 1.29. The van der Waals surface area contributed by atoms with E-state index in [0.29, 0.717) is 13.1 Å². The highest BCUT2D eigenvalue weighted by Gasteiger charge is 2.35. The maximum Gasteiger partial charge on any atom is 0.271 e. The zero-order chi connectivity index (χ0) is 19.8. The lowest BCUT2D eigenvalue weighted by Crippen LogP contribution is -2.54. The van der Waals surface area contributed by atoms with Crippen molar-refractivity contribution in [1.29, 1.82) is 0 Å². The van der Waals surface area contributed by atoms with Crippen molar-refractivity contribution in [3.8, 4) is 0 Å². The molecule has 0 atom stereocenters. The fourth-order valence-electron chi connectivity index (χ4n) is 3.31. The number of amides is 2. The van der Waals surface area contributed by atoms with E-state index in [1.807, 2.05) is 23.1 Å². The van der Waals surface area contributed by atoms with Gasteiger partial charge in [-0.1, -0.05) is 35.9 Å². The molecule has 2 heterocycles. The van der Waals surface area contributed by atoms with Crippen molar-refractivity contribution >= 4 is 46.4 Å². The highest BCUT2D eigenvalue weighted by atomic mass is 35.5. The van der Waals surface area contributed by atoms with Crippen molar-refractivity contribution in [3.63, 3.8) is 0 Å². The third-order valence-electron chi connectivity index (χ3n) is 4.73. The van der Waals surface area contributed by atoms with Crippen molar-refractivity contribution in [2.45, 2.75) is 13.0 Å². The highest BCUT2D eigenvalue weighted by Crippen LogP contribution is 2.26. The van der Waals surface area contributed by atoms with Gasteiger partial charge in [-0.05, 0) is 48.0 Å². The van der Waals surface area contributed by atoms with Gasteiger partial charge in [-0.25, -0.2) is 4.39 Å². The molecule has 1 fully saturated rings. The zero-order valence-electron chi connectivity index (χ0n) is 14.6. The Balaban J connectivity index is 1.64. The lowest BCUT2D eigenvalue weighted by molar-refractivity contribution is -0.122. The third-order valence-corrected chi connectivity index (χ3v) is 5.31. The maximum absolute atomic E-state index is 13.5. The van der Waals surface area contributed by atoms with Crippen LogP contribution in [0, 0.1) is 5.82 Å². The molecule has 0 bridgehead atoms. The van der Waals surface area contributed by atoms with Gasteiger partial charge in [-0.3, -0.25) is 19.8 Å². The second-order valence-corrected chi connectivity index (χ2v) is 7.32. The largest absolute Gasteiger partial charge is 0.372 e. The van der Waals surface area contributed by atoms with Gasteiger partial charge in [0.05, 0.1) is 10.7 Å². The van der Waals surface area contributed by atoms with Gasteiger partial charge in [0.1, 0.15) is 11.4 Å². The number of nitrogens with zero attached hydrogens (tertiary/aromatic N) is 2. The van der Waals surface area contributed by atoms with Gasteiger partial charge in [-0.2, -0.15) is 0 Å². The van der Waals surface area contributed by atoms with Crippen LogP contribution in [0.4, 0.5) is 10.1 Å². The lowest BCUT2D eigenvalue weighted by atomic mass is 10.00. The Morgan fingerprint density at radius 3 is 2.64 bits per heavy atom. The smallest absolute Gasteiger partial charge is 0.271 e. The molecule has 2 aliphatic rings. The highest BCUT2D eigenvalue weighted by molar-refractivity contribution is 7.80. The Morgan fingerprint density at radius 2 is 1.89 bits per heavy atom. The first-order chi connectivity index (χ1) is 13.4. The van der Waals surface area contributed by atoms with E-state index < -0.39 is 17.6 Å². The number of halogens is 2. The first-order valence-electron chi connectivity index (χ1n) is 8.61. The van der Waals surface area contributed by atoms with Crippen molar-refractivity contribution in [2.24, 2.45) is 0 Å². The molecule has 2 aromatic rings. The molecule has 2 amide bonds. The fraction of sp³-hybridized carbons (Fsp3) is 0.150. The summed E-state index contributed by atoms with van der Waals surface area (Å²) in [5.41, 5.74) is 2.68. The summed E-state index contributed by atoms with van der Waals surface area (Å²) in [4.78, 5) is 28.5. The fourth-order valence-corrected chi connectivity index (χ4v) is 3.77.